The highest BCUT2D eigenvalue weighted by Gasteiger charge is 2.17. The van der Waals surface area contributed by atoms with E-state index in [1.54, 1.807) is 30.5 Å². The van der Waals surface area contributed by atoms with Crippen LogP contribution in [-0.2, 0) is 4.79 Å². The second-order valence-electron chi connectivity index (χ2n) is 7.04. The van der Waals surface area contributed by atoms with E-state index in [-0.39, 0.29) is 24.3 Å². The average molecular weight is 391 g/mol. The Hall–Kier alpha value is -3.41. The van der Waals surface area contributed by atoms with Crippen LogP contribution in [0.3, 0.4) is 0 Å². The maximum atomic E-state index is 12.3. The predicted octanol–water partition coefficient (Wildman–Crippen LogP) is 3.95. The normalized spacial score (nSPS) is 11.7. The van der Waals surface area contributed by atoms with Gasteiger partial charge in [-0.1, -0.05) is 18.2 Å². The lowest BCUT2D eigenvalue weighted by Gasteiger charge is -2.15. The lowest BCUT2D eigenvalue weighted by Crippen LogP contribution is -2.31. The van der Waals surface area contributed by atoms with Gasteiger partial charge in [-0.05, 0) is 63.6 Å². The van der Waals surface area contributed by atoms with Crippen molar-refractivity contribution in [3.63, 3.8) is 0 Å². The van der Waals surface area contributed by atoms with Gasteiger partial charge in [-0.3, -0.25) is 9.59 Å². The Balaban J connectivity index is 1.61. The van der Waals surface area contributed by atoms with Crippen LogP contribution < -0.4 is 10.1 Å². The maximum absolute atomic E-state index is 12.3. The second kappa shape index (κ2) is 8.73. The van der Waals surface area contributed by atoms with E-state index < -0.39 is 0 Å². The summed E-state index contributed by atoms with van der Waals surface area (Å²) in [4.78, 5) is 23.6. The molecule has 3 rings (SSSR count). The summed E-state index contributed by atoms with van der Waals surface area (Å²) in [6.07, 6.45) is 1.79. The van der Waals surface area contributed by atoms with E-state index >= 15 is 0 Å². The topological polar surface area (TPSA) is 73.2 Å². The molecule has 0 aliphatic heterocycles. The van der Waals surface area contributed by atoms with Crippen LogP contribution in [0.1, 0.15) is 47.1 Å². The molecule has 1 atom stereocenters. The zero-order chi connectivity index (χ0) is 21.0. The van der Waals surface area contributed by atoms with Crippen LogP contribution in [0, 0.1) is 13.8 Å². The van der Waals surface area contributed by atoms with Crippen LogP contribution in [0.2, 0.25) is 0 Å². The number of hydrogen-bond acceptors (Lipinski definition) is 4. The van der Waals surface area contributed by atoms with Crippen molar-refractivity contribution in [3.05, 3.63) is 77.1 Å². The molecule has 3 aromatic rings. The Kier molecular flexibility index (Phi) is 6.12. The first-order valence-corrected chi connectivity index (χ1v) is 9.50. The van der Waals surface area contributed by atoms with Crippen molar-refractivity contribution in [1.29, 1.82) is 0 Å². The number of nitrogens with zero attached hydrogens (tertiary/aromatic N) is 2. The summed E-state index contributed by atoms with van der Waals surface area (Å²) < 4.78 is 7.40. The molecule has 0 bridgehead atoms. The van der Waals surface area contributed by atoms with Gasteiger partial charge in [0.15, 0.2) is 12.4 Å². The molecular formula is C23H25N3O3. The first-order valence-electron chi connectivity index (χ1n) is 9.50. The highest BCUT2D eigenvalue weighted by Crippen LogP contribution is 2.22. The van der Waals surface area contributed by atoms with Gasteiger partial charge in [0.05, 0.1) is 17.9 Å². The summed E-state index contributed by atoms with van der Waals surface area (Å²) in [5.41, 5.74) is 4.69. The number of Topliss-reactive ketones (excluding diaryl/α,β-unsaturated/α-hetero) is 1. The van der Waals surface area contributed by atoms with E-state index in [0.717, 1.165) is 22.5 Å². The molecule has 6 heteroatoms. The number of carbonyl (C=O) groups excluding carboxylic acids is 2. The number of ether oxygens (including phenoxy) is 1. The lowest BCUT2D eigenvalue weighted by atomic mass is 10.1. The van der Waals surface area contributed by atoms with Crippen molar-refractivity contribution in [2.45, 2.75) is 33.7 Å². The number of para-hydroxylation sites is 1. The van der Waals surface area contributed by atoms with E-state index in [9.17, 15) is 9.59 Å². The number of ketones is 1. The molecule has 1 heterocycles. The van der Waals surface area contributed by atoms with Crippen LogP contribution in [-0.4, -0.2) is 28.1 Å². The third-order valence-electron chi connectivity index (χ3n) is 4.87. The van der Waals surface area contributed by atoms with E-state index in [1.807, 2.05) is 49.7 Å². The van der Waals surface area contributed by atoms with Gasteiger partial charge in [-0.2, -0.15) is 5.10 Å². The molecule has 0 aliphatic carbocycles. The molecular weight excluding hydrogens is 366 g/mol. The molecule has 29 heavy (non-hydrogen) atoms. The Morgan fingerprint density at radius 3 is 2.45 bits per heavy atom. The fourth-order valence-electron chi connectivity index (χ4n) is 3.19. The number of benzene rings is 2. The first-order chi connectivity index (χ1) is 13.9. The average Bonchev–Trinajstić information content (AvgIpc) is 3.08. The standard InChI is InChI=1S/C23H25N3O3/c1-15-7-5-6-8-22(15)26-17(3)21(13-24-26)16(2)25-23(28)14-29-20-11-9-19(10-12-20)18(4)27/h5-13,16H,14H2,1-4H3,(H,25,28). The number of hydrogen-bond donors (Lipinski definition) is 1. The van der Waals surface area contributed by atoms with Gasteiger partial charge < -0.3 is 10.1 Å². The van der Waals surface area contributed by atoms with Crippen molar-refractivity contribution in [3.8, 4) is 11.4 Å². The predicted molar refractivity (Wildman–Crippen MR) is 112 cm³/mol. The first kappa shape index (κ1) is 20.3. The highest BCUT2D eigenvalue weighted by molar-refractivity contribution is 5.94. The van der Waals surface area contributed by atoms with E-state index in [0.29, 0.717) is 11.3 Å². The summed E-state index contributed by atoms with van der Waals surface area (Å²) in [7, 11) is 0. The molecule has 6 nitrogen and oxygen atoms in total. The van der Waals surface area contributed by atoms with Crippen molar-refractivity contribution >= 4 is 11.7 Å². The number of aryl methyl sites for hydroxylation is 1. The summed E-state index contributed by atoms with van der Waals surface area (Å²) in [6.45, 7) is 7.36. The summed E-state index contributed by atoms with van der Waals surface area (Å²) in [5, 5.41) is 7.44. The van der Waals surface area contributed by atoms with Gasteiger partial charge in [0, 0.05) is 16.8 Å². The van der Waals surface area contributed by atoms with Crippen LogP contribution in [0.15, 0.2) is 54.7 Å². The molecule has 0 spiro atoms. The van der Waals surface area contributed by atoms with Crippen LogP contribution in [0.5, 0.6) is 5.75 Å². The van der Waals surface area contributed by atoms with E-state index in [1.165, 1.54) is 6.92 Å². The number of carbonyl (C=O) groups is 2. The van der Waals surface area contributed by atoms with Crippen molar-refractivity contribution in [1.82, 2.24) is 15.1 Å². The fourth-order valence-corrected chi connectivity index (χ4v) is 3.19. The minimum atomic E-state index is -0.226. The van der Waals surface area contributed by atoms with Crippen LogP contribution >= 0.6 is 0 Å². The molecule has 1 amide bonds. The minimum Gasteiger partial charge on any atom is -0.484 e. The quantitative estimate of drug-likeness (QED) is 0.619. The van der Waals surface area contributed by atoms with Gasteiger partial charge in [0.1, 0.15) is 5.75 Å². The SMILES string of the molecule is CC(=O)c1ccc(OCC(=O)NC(C)c2cnn(-c3ccccc3C)c2C)cc1. The van der Waals surface area contributed by atoms with Crippen LogP contribution in [0.4, 0.5) is 0 Å². The Labute approximate surface area is 170 Å². The van der Waals surface area contributed by atoms with Crippen molar-refractivity contribution < 1.29 is 14.3 Å². The Morgan fingerprint density at radius 2 is 1.79 bits per heavy atom. The highest BCUT2D eigenvalue weighted by atomic mass is 16.5. The fraction of sp³-hybridized carbons (Fsp3) is 0.261. The smallest absolute Gasteiger partial charge is 0.258 e. The van der Waals surface area contributed by atoms with Crippen molar-refractivity contribution in [2.75, 3.05) is 6.61 Å². The molecule has 0 radical (unpaired) electrons. The number of nitrogens with one attached hydrogen (secondary N) is 1. The molecule has 1 aromatic heterocycles. The molecule has 0 fully saturated rings. The summed E-state index contributed by atoms with van der Waals surface area (Å²) in [6, 6.07) is 14.6. The molecule has 150 valence electrons. The van der Waals surface area contributed by atoms with Crippen molar-refractivity contribution in [2.24, 2.45) is 0 Å². The number of amides is 1. The third kappa shape index (κ3) is 4.71. The van der Waals surface area contributed by atoms with Gasteiger partial charge in [-0.25, -0.2) is 4.68 Å². The molecule has 0 saturated heterocycles. The van der Waals surface area contributed by atoms with E-state index in [4.69, 9.17) is 4.74 Å². The molecule has 1 unspecified atom stereocenters. The van der Waals surface area contributed by atoms with Gasteiger partial charge in [-0.15, -0.1) is 0 Å². The van der Waals surface area contributed by atoms with Gasteiger partial charge >= 0.3 is 0 Å². The maximum Gasteiger partial charge on any atom is 0.258 e. The van der Waals surface area contributed by atoms with Crippen LogP contribution in [0.25, 0.3) is 5.69 Å². The second-order valence-corrected chi connectivity index (χ2v) is 7.04. The molecule has 0 saturated carbocycles. The summed E-state index contributed by atoms with van der Waals surface area (Å²) >= 11 is 0. The van der Waals surface area contributed by atoms with Gasteiger partial charge in [0.25, 0.3) is 5.91 Å². The summed E-state index contributed by atoms with van der Waals surface area (Å²) in [5.74, 6) is 0.308. The Morgan fingerprint density at radius 1 is 1.10 bits per heavy atom. The number of aromatic nitrogens is 2. The molecule has 0 aliphatic rings. The molecule has 2 aromatic carbocycles. The zero-order valence-electron chi connectivity index (χ0n) is 17.1. The Bertz CT molecular complexity index is 1020. The van der Waals surface area contributed by atoms with E-state index in [2.05, 4.69) is 10.4 Å². The number of rotatable bonds is 7. The lowest BCUT2D eigenvalue weighted by molar-refractivity contribution is -0.123. The van der Waals surface area contributed by atoms with Gasteiger partial charge in [0.2, 0.25) is 0 Å². The minimum absolute atomic E-state index is 0.00951. The monoisotopic (exact) mass is 391 g/mol. The largest absolute Gasteiger partial charge is 0.484 e. The third-order valence-corrected chi connectivity index (χ3v) is 4.87. The molecule has 1 N–H and O–H groups in total. The zero-order valence-corrected chi connectivity index (χ0v) is 17.1.